The second kappa shape index (κ2) is 2.74. The van der Waals surface area contributed by atoms with Crippen LogP contribution in [0.25, 0.3) is 10.8 Å². The third kappa shape index (κ3) is 0.975. The van der Waals surface area contributed by atoms with Gasteiger partial charge in [-0.1, -0.05) is 24.3 Å². The smallest absolute Gasteiger partial charge is 0.152 e. The minimum Gasteiger partial charge on any atom is -0.298 e. The minimum absolute atomic E-state index is 0.359. The lowest BCUT2D eigenvalue weighted by molar-refractivity contribution is 0.112. The normalized spacial score (nSPS) is 11.2. The highest BCUT2D eigenvalue weighted by atomic mass is 16.1. The molecule has 0 saturated carbocycles. The molecule has 1 aromatic carbocycles. The minimum atomic E-state index is -0.690. The molecule has 0 aliphatic carbocycles. The third-order valence-electron chi connectivity index (χ3n) is 1.78. The first-order valence-corrected chi connectivity index (χ1v) is 3.63. The van der Waals surface area contributed by atoms with Gasteiger partial charge < -0.3 is 0 Å². The van der Waals surface area contributed by atoms with Crippen molar-refractivity contribution in [2.75, 3.05) is 0 Å². The Morgan fingerprint density at radius 2 is 2.17 bits per heavy atom. The molecule has 12 heavy (non-hydrogen) atoms. The van der Waals surface area contributed by atoms with Gasteiger partial charge in [-0.25, -0.2) is 0 Å². The van der Waals surface area contributed by atoms with Crippen LogP contribution in [0, 0.1) is 0 Å². The molecule has 0 aliphatic heterocycles. The summed E-state index contributed by atoms with van der Waals surface area (Å²) in [6.07, 6.45) is 2.42. The number of pyridine rings is 1. The predicted molar refractivity (Wildman–Crippen MR) is 47.1 cm³/mol. The van der Waals surface area contributed by atoms with Crippen LogP contribution in [0.2, 0.25) is 0 Å². The average Bonchev–Trinajstić information content (AvgIpc) is 2.17. The highest BCUT2D eigenvalue weighted by Gasteiger charge is 1.97. The van der Waals surface area contributed by atoms with Gasteiger partial charge in [-0.2, -0.15) is 0 Å². The number of nitrogens with zero attached hydrogens (tertiary/aromatic N) is 1. The van der Waals surface area contributed by atoms with E-state index < -0.39 is 6.26 Å². The summed E-state index contributed by atoms with van der Waals surface area (Å²) in [7, 11) is 0. The first-order valence-electron chi connectivity index (χ1n) is 4.13. The predicted octanol–water partition coefficient (Wildman–Crippen LogP) is 2.05. The van der Waals surface area contributed by atoms with Gasteiger partial charge in [0.2, 0.25) is 0 Å². The molecular formula is C10H7NO. The van der Waals surface area contributed by atoms with Gasteiger partial charge in [-0.3, -0.25) is 9.78 Å². The maximum Gasteiger partial charge on any atom is 0.152 e. The summed E-state index contributed by atoms with van der Waals surface area (Å²) in [6.45, 7) is 0. The van der Waals surface area contributed by atoms with E-state index in [1.165, 1.54) is 6.20 Å². The fourth-order valence-electron chi connectivity index (χ4n) is 1.20. The summed E-state index contributed by atoms with van der Waals surface area (Å²) >= 11 is 0. The van der Waals surface area contributed by atoms with E-state index >= 15 is 0 Å². The first-order chi connectivity index (χ1) is 6.29. The molecule has 0 saturated heterocycles. The van der Waals surface area contributed by atoms with Crippen LogP contribution in [0.4, 0.5) is 0 Å². The van der Waals surface area contributed by atoms with E-state index in [4.69, 9.17) is 1.37 Å². The van der Waals surface area contributed by atoms with Crippen LogP contribution < -0.4 is 0 Å². The second-order valence-electron chi connectivity index (χ2n) is 2.51. The Balaban J connectivity index is 2.83. The number of carbonyl (C=O) groups excluding carboxylic acids is 1. The Labute approximate surface area is 71.3 Å². The van der Waals surface area contributed by atoms with Crippen molar-refractivity contribution in [2.24, 2.45) is 0 Å². The topological polar surface area (TPSA) is 30.0 Å². The Morgan fingerprint density at radius 1 is 1.33 bits per heavy atom. The number of hydrogen-bond acceptors (Lipinski definition) is 2. The van der Waals surface area contributed by atoms with Gasteiger partial charge >= 0.3 is 0 Å². The van der Waals surface area contributed by atoms with Crippen LogP contribution in [0.1, 0.15) is 11.7 Å². The highest BCUT2D eigenvalue weighted by molar-refractivity contribution is 5.97. The molecule has 0 spiro atoms. The third-order valence-corrected chi connectivity index (χ3v) is 1.78. The van der Waals surface area contributed by atoms with Crippen molar-refractivity contribution < 1.29 is 6.17 Å². The SMILES string of the molecule is [3H]C(=O)c1cncc2ccccc12. The molecule has 0 unspecified atom stereocenters. The summed E-state index contributed by atoms with van der Waals surface area (Å²) in [4.78, 5) is 14.8. The molecule has 0 bridgehead atoms. The van der Waals surface area contributed by atoms with Gasteiger partial charge in [0.25, 0.3) is 0 Å². The fraction of sp³-hybridized carbons (Fsp3) is 0. The number of aldehydes is 1. The summed E-state index contributed by atoms with van der Waals surface area (Å²) in [5.74, 6) is 0. The lowest BCUT2D eigenvalue weighted by Crippen LogP contribution is -1.84. The first kappa shape index (κ1) is 5.89. The number of rotatable bonds is 1. The maximum atomic E-state index is 10.9. The molecule has 0 aliphatic rings. The maximum absolute atomic E-state index is 10.9. The zero-order valence-electron chi connectivity index (χ0n) is 7.32. The molecule has 0 amide bonds. The van der Waals surface area contributed by atoms with Gasteiger partial charge in [-0.05, 0) is 5.39 Å². The van der Waals surface area contributed by atoms with Crippen LogP contribution in [-0.2, 0) is 0 Å². The molecule has 2 aromatic rings. The Morgan fingerprint density at radius 3 is 3.00 bits per heavy atom. The van der Waals surface area contributed by atoms with Crippen LogP contribution in [0.3, 0.4) is 0 Å². The van der Waals surface area contributed by atoms with Crippen LogP contribution >= 0.6 is 0 Å². The number of hydrogen-bond donors (Lipinski definition) is 0. The van der Waals surface area contributed by atoms with Gasteiger partial charge in [0.05, 0.1) is 0 Å². The van der Waals surface area contributed by atoms with E-state index in [1.807, 2.05) is 24.3 Å². The highest BCUT2D eigenvalue weighted by Crippen LogP contribution is 2.14. The van der Waals surface area contributed by atoms with Gasteiger partial charge in [-0.15, -0.1) is 0 Å². The van der Waals surface area contributed by atoms with E-state index in [0.29, 0.717) is 5.56 Å². The standard InChI is InChI=1S/C10H7NO/c12-7-9-6-11-5-8-3-1-2-4-10(8)9/h1-7H/i7T. The number of aromatic nitrogens is 1. The summed E-state index contributed by atoms with van der Waals surface area (Å²) in [6, 6.07) is 7.41. The van der Waals surface area contributed by atoms with Crippen LogP contribution in [-0.4, -0.2) is 11.2 Å². The van der Waals surface area contributed by atoms with Gasteiger partial charge in [0, 0.05) is 23.3 Å². The molecule has 0 radical (unpaired) electrons. The van der Waals surface area contributed by atoms with Crippen molar-refractivity contribution in [1.29, 1.82) is 0 Å². The number of fused-ring (bicyclic) bond motifs is 1. The zero-order chi connectivity index (χ0) is 9.26. The van der Waals surface area contributed by atoms with Crippen molar-refractivity contribution in [1.82, 2.24) is 4.98 Å². The quantitative estimate of drug-likeness (QED) is 0.596. The Hall–Kier alpha value is -1.70. The average molecular weight is 159 g/mol. The monoisotopic (exact) mass is 159 g/mol. The van der Waals surface area contributed by atoms with Crippen molar-refractivity contribution >= 4 is 17.0 Å². The summed E-state index contributed by atoms with van der Waals surface area (Å²) in [5, 5.41) is 1.68. The van der Waals surface area contributed by atoms with Gasteiger partial charge in [0.15, 0.2) is 6.26 Å². The van der Waals surface area contributed by atoms with E-state index in [0.717, 1.165) is 10.8 Å². The Kier molecular flexibility index (Phi) is 1.34. The largest absolute Gasteiger partial charge is 0.298 e. The van der Waals surface area contributed by atoms with Crippen molar-refractivity contribution in [3.05, 3.63) is 42.2 Å². The van der Waals surface area contributed by atoms with Gasteiger partial charge in [0.1, 0.15) is 1.37 Å². The molecular weight excluding hydrogens is 150 g/mol. The summed E-state index contributed by atoms with van der Waals surface area (Å²) in [5.41, 5.74) is 0.359. The van der Waals surface area contributed by atoms with Crippen molar-refractivity contribution in [3.8, 4) is 0 Å². The molecule has 2 nitrogen and oxygen atoms in total. The lowest BCUT2D eigenvalue weighted by atomic mass is 10.1. The molecule has 0 N–H and O–H groups in total. The number of carbonyl (C=O) groups is 1. The van der Waals surface area contributed by atoms with E-state index in [-0.39, 0.29) is 0 Å². The molecule has 58 valence electrons. The second-order valence-corrected chi connectivity index (χ2v) is 2.51. The number of benzene rings is 1. The van der Waals surface area contributed by atoms with Crippen LogP contribution in [0.15, 0.2) is 36.7 Å². The molecule has 1 heterocycles. The van der Waals surface area contributed by atoms with E-state index in [2.05, 4.69) is 4.98 Å². The molecule has 1 aromatic heterocycles. The van der Waals surface area contributed by atoms with E-state index in [9.17, 15) is 4.79 Å². The molecule has 0 fully saturated rings. The van der Waals surface area contributed by atoms with Crippen molar-refractivity contribution in [3.63, 3.8) is 0 Å². The zero-order valence-corrected chi connectivity index (χ0v) is 6.32. The van der Waals surface area contributed by atoms with E-state index in [1.54, 1.807) is 6.20 Å². The van der Waals surface area contributed by atoms with Crippen molar-refractivity contribution in [2.45, 2.75) is 0 Å². The molecule has 0 atom stereocenters. The molecule has 2 heteroatoms. The summed E-state index contributed by atoms with van der Waals surface area (Å²) < 4.78 is 7.02. The molecule has 2 rings (SSSR count). The van der Waals surface area contributed by atoms with Crippen LogP contribution in [0.5, 0.6) is 0 Å². The Bertz CT molecular complexity index is 462. The lowest BCUT2D eigenvalue weighted by Gasteiger charge is -1.97. The fourth-order valence-corrected chi connectivity index (χ4v) is 1.20.